The molecule has 0 aliphatic carbocycles. The molecule has 0 bridgehead atoms. The number of aromatic nitrogens is 3. The molecule has 2 heterocycles. The van der Waals surface area contributed by atoms with E-state index in [2.05, 4.69) is 20.3 Å². The average molecular weight is 202 g/mol. The van der Waals surface area contributed by atoms with Gasteiger partial charge in [-0.25, -0.2) is 9.97 Å². The van der Waals surface area contributed by atoms with E-state index in [0.29, 0.717) is 0 Å². The van der Waals surface area contributed by atoms with Crippen molar-refractivity contribution in [2.75, 3.05) is 11.9 Å². The van der Waals surface area contributed by atoms with Gasteiger partial charge in [0.05, 0.1) is 11.4 Å². The monoisotopic (exact) mass is 202 g/mol. The van der Waals surface area contributed by atoms with Crippen molar-refractivity contribution >= 4 is 5.82 Å². The van der Waals surface area contributed by atoms with Crippen LogP contribution >= 0.6 is 0 Å². The summed E-state index contributed by atoms with van der Waals surface area (Å²) in [7, 11) is 0. The van der Waals surface area contributed by atoms with E-state index in [1.807, 2.05) is 38.2 Å². The molecule has 0 saturated carbocycles. The van der Waals surface area contributed by atoms with Gasteiger partial charge in [-0.2, -0.15) is 0 Å². The first-order chi connectivity index (χ1) is 7.29. The molecule has 0 aliphatic heterocycles. The van der Waals surface area contributed by atoms with Crippen LogP contribution in [-0.4, -0.2) is 21.5 Å². The third-order valence-electron chi connectivity index (χ3n) is 2.07. The molecule has 0 spiro atoms. The van der Waals surface area contributed by atoms with Crippen LogP contribution < -0.4 is 5.32 Å². The van der Waals surface area contributed by atoms with Gasteiger partial charge in [-0.1, -0.05) is 0 Å². The first kappa shape index (κ1) is 9.71. The average Bonchev–Trinajstić information content (AvgIpc) is 2.70. The lowest BCUT2D eigenvalue weighted by molar-refractivity contribution is 1.03. The molecule has 0 radical (unpaired) electrons. The summed E-state index contributed by atoms with van der Waals surface area (Å²) in [5, 5.41) is 3.19. The van der Waals surface area contributed by atoms with E-state index in [4.69, 9.17) is 0 Å². The smallest absolute Gasteiger partial charge is 0.130 e. The minimum absolute atomic E-state index is 0.776. The number of rotatable bonds is 3. The minimum Gasteiger partial charge on any atom is -0.370 e. The van der Waals surface area contributed by atoms with Crippen molar-refractivity contribution in [3.05, 3.63) is 30.2 Å². The van der Waals surface area contributed by atoms with Crippen molar-refractivity contribution in [2.24, 2.45) is 0 Å². The van der Waals surface area contributed by atoms with E-state index < -0.39 is 0 Å². The number of aryl methyl sites for hydroxylation is 1. The molecule has 2 aromatic heterocycles. The Bertz CT molecular complexity index is 434. The van der Waals surface area contributed by atoms with Gasteiger partial charge in [0.25, 0.3) is 0 Å². The van der Waals surface area contributed by atoms with Gasteiger partial charge in [-0.15, -0.1) is 0 Å². The SMILES string of the molecule is CCNc1cc(-c2ccc[nH]2)nc(C)n1. The number of nitrogens with one attached hydrogen (secondary N) is 2. The molecule has 0 aromatic carbocycles. The number of anilines is 1. The van der Waals surface area contributed by atoms with Gasteiger partial charge in [-0.3, -0.25) is 0 Å². The molecule has 2 N–H and O–H groups in total. The first-order valence-corrected chi connectivity index (χ1v) is 5.03. The molecule has 0 unspecified atom stereocenters. The van der Waals surface area contributed by atoms with Gasteiger partial charge in [0.15, 0.2) is 0 Å². The first-order valence-electron chi connectivity index (χ1n) is 5.03. The minimum atomic E-state index is 0.776. The maximum atomic E-state index is 4.38. The van der Waals surface area contributed by atoms with Gasteiger partial charge >= 0.3 is 0 Å². The summed E-state index contributed by atoms with van der Waals surface area (Å²) in [6.45, 7) is 4.81. The van der Waals surface area contributed by atoms with E-state index in [1.165, 1.54) is 0 Å². The lowest BCUT2D eigenvalue weighted by Gasteiger charge is -2.05. The fraction of sp³-hybridized carbons (Fsp3) is 0.273. The Kier molecular flexibility index (Phi) is 2.67. The number of H-pyrrole nitrogens is 1. The van der Waals surface area contributed by atoms with Crippen LogP contribution in [0.15, 0.2) is 24.4 Å². The van der Waals surface area contributed by atoms with E-state index in [-0.39, 0.29) is 0 Å². The Morgan fingerprint density at radius 2 is 2.27 bits per heavy atom. The van der Waals surface area contributed by atoms with Crippen LogP contribution in [0.2, 0.25) is 0 Å². The fourth-order valence-electron chi connectivity index (χ4n) is 1.47. The molecule has 4 nitrogen and oxygen atoms in total. The number of hydrogen-bond donors (Lipinski definition) is 2. The molecule has 15 heavy (non-hydrogen) atoms. The third-order valence-corrected chi connectivity index (χ3v) is 2.07. The molecule has 0 amide bonds. The molecule has 0 aliphatic rings. The van der Waals surface area contributed by atoms with E-state index in [1.54, 1.807) is 0 Å². The molecular formula is C11H14N4. The van der Waals surface area contributed by atoms with Crippen LogP contribution in [0.5, 0.6) is 0 Å². The highest BCUT2D eigenvalue weighted by atomic mass is 15.0. The highest BCUT2D eigenvalue weighted by Gasteiger charge is 2.03. The van der Waals surface area contributed by atoms with E-state index >= 15 is 0 Å². The largest absolute Gasteiger partial charge is 0.370 e. The normalized spacial score (nSPS) is 10.3. The lowest BCUT2D eigenvalue weighted by atomic mass is 10.3. The van der Waals surface area contributed by atoms with E-state index in [0.717, 1.165) is 29.6 Å². The summed E-state index contributed by atoms with van der Waals surface area (Å²) in [4.78, 5) is 11.8. The zero-order chi connectivity index (χ0) is 10.7. The third kappa shape index (κ3) is 2.15. The van der Waals surface area contributed by atoms with E-state index in [9.17, 15) is 0 Å². The highest BCUT2D eigenvalue weighted by molar-refractivity contribution is 5.58. The Hall–Kier alpha value is -1.84. The number of hydrogen-bond acceptors (Lipinski definition) is 3. The summed E-state index contributed by atoms with van der Waals surface area (Å²) in [6.07, 6.45) is 1.89. The molecule has 2 aromatic rings. The van der Waals surface area contributed by atoms with Crippen LogP contribution in [0.25, 0.3) is 11.4 Å². The highest BCUT2D eigenvalue weighted by Crippen LogP contribution is 2.17. The second kappa shape index (κ2) is 4.13. The fourth-order valence-corrected chi connectivity index (χ4v) is 1.47. The molecular weight excluding hydrogens is 188 g/mol. The lowest BCUT2D eigenvalue weighted by Crippen LogP contribution is -2.02. The maximum Gasteiger partial charge on any atom is 0.130 e. The van der Waals surface area contributed by atoms with Crippen LogP contribution in [0.4, 0.5) is 5.82 Å². The Balaban J connectivity index is 2.40. The molecule has 0 saturated heterocycles. The number of aromatic amines is 1. The summed E-state index contributed by atoms with van der Waals surface area (Å²) >= 11 is 0. The molecule has 0 atom stereocenters. The molecule has 2 rings (SSSR count). The second-order valence-corrected chi connectivity index (χ2v) is 3.30. The zero-order valence-electron chi connectivity index (χ0n) is 8.91. The van der Waals surface area contributed by atoms with Crippen LogP contribution in [0.3, 0.4) is 0 Å². The van der Waals surface area contributed by atoms with Gasteiger partial charge in [-0.05, 0) is 26.0 Å². The van der Waals surface area contributed by atoms with Crippen molar-refractivity contribution in [1.82, 2.24) is 15.0 Å². The Morgan fingerprint density at radius 3 is 2.93 bits per heavy atom. The maximum absolute atomic E-state index is 4.38. The van der Waals surface area contributed by atoms with Crippen molar-refractivity contribution in [2.45, 2.75) is 13.8 Å². The quantitative estimate of drug-likeness (QED) is 0.802. The zero-order valence-corrected chi connectivity index (χ0v) is 8.91. The predicted octanol–water partition coefficient (Wildman–Crippen LogP) is 2.21. The van der Waals surface area contributed by atoms with Gasteiger partial charge in [0.1, 0.15) is 11.6 Å². The van der Waals surface area contributed by atoms with Crippen molar-refractivity contribution in [3.8, 4) is 11.4 Å². The van der Waals surface area contributed by atoms with Gasteiger partial charge in [0.2, 0.25) is 0 Å². The summed E-state index contributed by atoms with van der Waals surface area (Å²) in [5.74, 6) is 1.65. The van der Waals surface area contributed by atoms with Crippen molar-refractivity contribution in [1.29, 1.82) is 0 Å². The molecule has 78 valence electrons. The summed E-state index contributed by atoms with van der Waals surface area (Å²) in [6, 6.07) is 5.90. The molecule has 0 fully saturated rings. The Labute approximate surface area is 88.8 Å². The molecule has 4 heteroatoms. The van der Waals surface area contributed by atoms with Gasteiger partial charge < -0.3 is 10.3 Å². The predicted molar refractivity (Wildman–Crippen MR) is 60.7 cm³/mol. The number of nitrogens with zero attached hydrogens (tertiary/aromatic N) is 2. The summed E-state index contributed by atoms with van der Waals surface area (Å²) < 4.78 is 0. The standard InChI is InChI=1S/C11H14N4/c1-3-12-11-7-10(14-8(2)15-11)9-5-4-6-13-9/h4-7,13H,3H2,1-2H3,(H,12,14,15). The van der Waals surface area contributed by atoms with Crippen molar-refractivity contribution in [3.63, 3.8) is 0 Å². The summed E-state index contributed by atoms with van der Waals surface area (Å²) in [5.41, 5.74) is 1.93. The van der Waals surface area contributed by atoms with Crippen LogP contribution in [0, 0.1) is 6.92 Å². The van der Waals surface area contributed by atoms with Crippen LogP contribution in [0.1, 0.15) is 12.7 Å². The van der Waals surface area contributed by atoms with Gasteiger partial charge in [0, 0.05) is 18.8 Å². The second-order valence-electron chi connectivity index (χ2n) is 3.30. The topological polar surface area (TPSA) is 53.6 Å². The van der Waals surface area contributed by atoms with Crippen LogP contribution in [-0.2, 0) is 0 Å². The van der Waals surface area contributed by atoms with Crippen molar-refractivity contribution < 1.29 is 0 Å². The Morgan fingerprint density at radius 1 is 1.40 bits per heavy atom.